The molecule has 28 heavy (non-hydrogen) atoms. The van der Waals surface area contributed by atoms with E-state index in [0.717, 1.165) is 67.8 Å². The molecule has 0 radical (unpaired) electrons. The number of anilines is 1. The summed E-state index contributed by atoms with van der Waals surface area (Å²) in [6, 6.07) is 12.2. The van der Waals surface area contributed by atoms with Crippen LogP contribution in [0.3, 0.4) is 0 Å². The van der Waals surface area contributed by atoms with Gasteiger partial charge in [0.25, 0.3) is 0 Å². The molecule has 1 saturated carbocycles. The molecule has 3 aliphatic rings. The molecule has 0 bridgehead atoms. The summed E-state index contributed by atoms with van der Waals surface area (Å²) in [5, 5.41) is 12.6. The summed E-state index contributed by atoms with van der Waals surface area (Å²) >= 11 is 0. The Labute approximate surface area is 166 Å². The second-order valence-electron chi connectivity index (χ2n) is 8.31. The van der Waals surface area contributed by atoms with Crippen molar-refractivity contribution < 1.29 is 4.74 Å². The third-order valence-electron chi connectivity index (χ3n) is 6.12. The first-order valence-electron chi connectivity index (χ1n) is 10.4. The van der Waals surface area contributed by atoms with E-state index in [1.807, 2.05) is 24.3 Å². The van der Waals surface area contributed by atoms with E-state index >= 15 is 0 Å². The van der Waals surface area contributed by atoms with Crippen molar-refractivity contribution >= 4 is 5.69 Å². The van der Waals surface area contributed by atoms with Crippen molar-refractivity contribution in [1.82, 2.24) is 10.3 Å². The number of benzene rings is 1. The minimum atomic E-state index is 0.675. The molecule has 5 rings (SSSR count). The largest absolute Gasteiger partial charge is 0.477 e. The number of pyridine rings is 1. The Kier molecular flexibility index (Phi) is 4.66. The molecule has 2 aliphatic heterocycles. The van der Waals surface area contributed by atoms with Gasteiger partial charge in [0.05, 0.1) is 29.6 Å². The molecule has 0 spiro atoms. The van der Waals surface area contributed by atoms with E-state index in [-0.39, 0.29) is 0 Å². The van der Waals surface area contributed by atoms with Crippen LogP contribution in [0.4, 0.5) is 5.69 Å². The average Bonchev–Trinajstić information content (AvgIpc) is 3.27. The monoisotopic (exact) mass is 374 g/mol. The lowest BCUT2D eigenvalue weighted by atomic mass is 10.0. The van der Waals surface area contributed by atoms with Crippen LogP contribution in [0.5, 0.6) is 5.88 Å². The lowest BCUT2D eigenvalue weighted by Gasteiger charge is -2.23. The van der Waals surface area contributed by atoms with Crippen molar-refractivity contribution in [2.75, 3.05) is 37.7 Å². The number of fused-ring (bicyclic) bond motifs is 1. The summed E-state index contributed by atoms with van der Waals surface area (Å²) in [6.45, 7) is 5.14. The number of nitrogens with one attached hydrogen (secondary N) is 1. The fraction of sp³-hybridized carbons (Fsp3) is 0.478. The van der Waals surface area contributed by atoms with Gasteiger partial charge in [0.2, 0.25) is 5.88 Å². The Morgan fingerprint density at radius 1 is 1.18 bits per heavy atom. The van der Waals surface area contributed by atoms with Gasteiger partial charge in [0, 0.05) is 25.1 Å². The van der Waals surface area contributed by atoms with Crippen molar-refractivity contribution in [3.8, 4) is 23.1 Å². The summed E-state index contributed by atoms with van der Waals surface area (Å²) < 4.78 is 6.16. The van der Waals surface area contributed by atoms with Crippen LogP contribution in [-0.2, 0) is 6.42 Å². The maximum Gasteiger partial charge on any atom is 0.221 e. The van der Waals surface area contributed by atoms with Crippen molar-refractivity contribution in [1.29, 1.82) is 5.26 Å². The molecule has 1 aromatic carbocycles. The van der Waals surface area contributed by atoms with Gasteiger partial charge in [0.15, 0.2) is 0 Å². The van der Waals surface area contributed by atoms with E-state index in [1.165, 1.54) is 24.9 Å². The van der Waals surface area contributed by atoms with E-state index in [1.54, 1.807) is 0 Å². The van der Waals surface area contributed by atoms with Crippen LogP contribution >= 0.6 is 0 Å². The zero-order chi connectivity index (χ0) is 18.9. The molecule has 1 aromatic heterocycles. The smallest absolute Gasteiger partial charge is 0.221 e. The normalized spacial score (nSPS) is 20.8. The van der Waals surface area contributed by atoms with Crippen molar-refractivity contribution in [3.05, 3.63) is 41.6 Å². The maximum absolute atomic E-state index is 9.10. The maximum atomic E-state index is 9.10. The average molecular weight is 374 g/mol. The summed E-state index contributed by atoms with van der Waals surface area (Å²) in [5.41, 5.74) is 5.20. The number of hydrogen-bond acceptors (Lipinski definition) is 5. The molecule has 2 fully saturated rings. The number of hydrogen-bond donors (Lipinski definition) is 1. The van der Waals surface area contributed by atoms with E-state index in [4.69, 9.17) is 15.0 Å². The lowest BCUT2D eigenvalue weighted by molar-refractivity contribution is 0.289. The first-order valence-corrected chi connectivity index (χ1v) is 10.4. The lowest BCUT2D eigenvalue weighted by Crippen LogP contribution is -2.28. The molecule has 1 saturated heterocycles. The molecule has 1 atom stereocenters. The number of ether oxygens (including phenoxy) is 1. The predicted octanol–water partition coefficient (Wildman–Crippen LogP) is 3.38. The highest BCUT2D eigenvalue weighted by molar-refractivity contribution is 5.75. The molecule has 1 N–H and O–H groups in total. The molecule has 5 heteroatoms. The molecule has 2 aromatic rings. The molecule has 1 unspecified atom stereocenters. The topological polar surface area (TPSA) is 61.2 Å². The minimum Gasteiger partial charge on any atom is -0.477 e. The van der Waals surface area contributed by atoms with Crippen molar-refractivity contribution in [2.45, 2.75) is 25.7 Å². The molecule has 3 heterocycles. The molecule has 1 aliphatic carbocycles. The third kappa shape index (κ3) is 3.57. The first-order chi connectivity index (χ1) is 13.8. The van der Waals surface area contributed by atoms with E-state index < -0.39 is 0 Å². The fourth-order valence-corrected chi connectivity index (χ4v) is 4.23. The second kappa shape index (κ2) is 7.44. The summed E-state index contributed by atoms with van der Waals surface area (Å²) in [6.07, 6.45) is 4.77. The zero-order valence-corrected chi connectivity index (χ0v) is 16.2. The predicted molar refractivity (Wildman–Crippen MR) is 110 cm³/mol. The van der Waals surface area contributed by atoms with Crippen molar-refractivity contribution in [2.24, 2.45) is 11.8 Å². The number of aromatic nitrogens is 1. The van der Waals surface area contributed by atoms with Crippen LogP contribution in [0, 0.1) is 23.2 Å². The van der Waals surface area contributed by atoms with Gasteiger partial charge < -0.3 is 15.0 Å². The highest BCUT2D eigenvalue weighted by atomic mass is 16.5. The Bertz CT molecular complexity index is 892. The van der Waals surface area contributed by atoms with Gasteiger partial charge in [-0.2, -0.15) is 5.26 Å². The highest BCUT2D eigenvalue weighted by Gasteiger charge is 2.28. The molecule has 0 amide bonds. The van der Waals surface area contributed by atoms with Gasteiger partial charge in [-0.3, -0.25) is 0 Å². The van der Waals surface area contributed by atoms with Crippen LogP contribution in [-0.4, -0.2) is 37.8 Å². The van der Waals surface area contributed by atoms with Gasteiger partial charge in [-0.1, -0.05) is 12.1 Å². The van der Waals surface area contributed by atoms with E-state index in [0.29, 0.717) is 11.5 Å². The van der Waals surface area contributed by atoms with E-state index in [9.17, 15) is 0 Å². The van der Waals surface area contributed by atoms with Crippen LogP contribution in [0.25, 0.3) is 11.1 Å². The van der Waals surface area contributed by atoms with Gasteiger partial charge >= 0.3 is 0 Å². The summed E-state index contributed by atoms with van der Waals surface area (Å²) in [4.78, 5) is 7.45. The number of nitriles is 1. The molecule has 5 nitrogen and oxygen atoms in total. The quantitative estimate of drug-likeness (QED) is 0.840. The van der Waals surface area contributed by atoms with Gasteiger partial charge in [-0.15, -0.1) is 0 Å². The van der Waals surface area contributed by atoms with Crippen molar-refractivity contribution in [3.63, 3.8) is 0 Å². The van der Waals surface area contributed by atoms with E-state index in [2.05, 4.69) is 22.4 Å². The van der Waals surface area contributed by atoms with Crippen LogP contribution in [0.2, 0.25) is 0 Å². The third-order valence-corrected chi connectivity index (χ3v) is 6.12. The van der Waals surface area contributed by atoms with Gasteiger partial charge in [-0.05, 0) is 68.0 Å². The molecular weight excluding hydrogens is 348 g/mol. The van der Waals surface area contributed by atoms with Crippen LogP contribution in [0.15, 0.2) is 30.3 Å². The Morgan fingerprint density at radius 3 is 2.75 bits per heavy atom. The summed E-state index contributed by atoms with van der Waals surface area (Å²) in [5.74, 6) is 2.16. The standard InChI is InChI=1S/C23H26N4O/c24-12-16-3-5-19(6-4-16)20-11-22-21(26-23(20)28-15-17-1-2-17)8-10-27(22)14-18-7-9-25-13-18/h3-6,11,17-18,25H,1-2,7-10,13-15H2. The molecule has 144 valence electrons. The van der Waals surface area contributed by atoms with Gasteiger partial charge in [-0.25, -0.2) is 4.98 Å². The second-order valence-corrected chi connectivity index (χ2v) is 8.31. The molecular formula is C23H26N4O. The van der Waals surface area contributed by atoms with Gasteiger partial charge in [0.1, 0.15) is 0 Å². The van der Waals surface area contributed by atoms with Crippen LogP contribution < -0.4 is 15.0 Å². The van der Waals surface area contributed by atoms with Crippen LogP contribution in [0.1, 0.15) is 30.5 Å². The number of nitrogens with zero attached hydrogens (tertiary/aromatic N) is 3. The summed E-state index contributed by atoms with van der Waals surface area (Å²) in [7, 11) is 0. The SMILES string of the molecule is N#Cc1ccc(-c2cc3c(nc2OCC2CC2)CCN3CC2CCNC2)cc1. The first kappa shape index (κ1) is 17.5. The Hall–Kier alpha value is -2.58. The Morgan fingerprint density at radius 2 is 2.04 bits per heavy atom. The fourth-order valence-electron chi connectivity index (χ4n) is 4.23. The minimum absolute atomic E-state index is 0.675. The number of rotatable bonds is 6. The Balaban J connectivity index is 1.47. The zero-order valence-electron chi connectivity index (χ0n) is 16.2. The highest BCUT2D eigenvalue weighted by Crippen LogP contribution is 2.39.